The molecule has 0 bridgehead atoms. The lowest BCUT2D eigenvalue weighted by Gasteiger charge is -2.45. The molecule has 39 heavy (non-hydrogen) atoms. The van der Waals surface area contributed by atoms with Crippen LogP contribution in [0.1, 0.15) is 28.8 Å². The number of hydrogen-bond acceptors (Lipinski definition) is 8. The zero-order valence-electron chi connectivity index (χ0n) is 21.6. The number of rotatable bonds is 4. The van der Waals surface area contributed by atoms with Crippen molar-refractivity contribution in [3.8, 4) is 5.69 Å². The van der Waals surface area contributed by atoms with E-state index < -0.39 is 11.3 Å². The number of morpholine rings is 1. The summed E-state index contributed by atoms with van der Waals surface area (Å²) in [5, 5.41) is 18.3. The summed E-state index contributed by atoms with van der Waals surface area (Å²) in [6.45, 7) is 5.10. The van der Waals surface area contributed by atoms with Crippen molar-refractivity contribution in [2.45, 2.75) is 31.6 Å². The molecule has 2 aromatic heterocycles. The predicted molar refractivity (Wildman–Crippen MR) is 146 cm³/mol. The van der Waals surface area contributed by atoms with Crippen LogP contribution >= 0.6 is 11.3 Å². The fourth-order valence-electron chi connectivity index (χ4n) is 5.72. The van der Waals surface area contributed by atoms with Crippen LogP contribution in [0.15, 0.2) is 65.2 Å². The Labute approximate surface area is 228 Å². The van der Waals surface area contributed by atoms with Crippen LogP contribution in [-0.4, -0.2) is 57.4 Å². The van der Waals surface area contributed by atoms with Crippen molar-refractivity contribution in [1.82, 2.24) is 14.5 Å². The van der Waals surface area contributed by atoms with Gasteiger partial charge in [-0.25, -0.2) is 9.37 Å². The topological polar surface area (TPSA) is 81.3 Å². The average molecular weight is 547 g/mol. The molecule has 200 valence electrons. The van der Waals surface area contributed by atoms with E-state index >= 15 is 0 Å². The minimum Gasteiger partial charge on any atom is -0.479 e. The van der Waals surface area contributed by atoms with E-state index in [4.69, 9.17) is 14.3 Å². The molecule has 4 aromatic rings. The quantitative estimate of drug-likeness (QED) is 0.394. The number of oxime groups is 1. The number of thiophene rings is 1. The Morgan fingerprint density at radius 3 is 2.74 bits per heavy atom. The Morgan fingerprint density at radius 2 is 2.03 bits per heavy atom. The minimum absolute atomic E-state index is 0.362. The average Bonchev–Trinajstić information content (AvgIpc) is 3.73. The van der Waals surface area contributed by atoms with Crippen molar-refractivity contribution >= 4 is 33.3 Å². The number of imidazole rings is 1. The van der Waals surface area contributed by atoms with Crippen LogP contribution in [-0.2, 0) is 20.0 Å². The third-order valence-corrected chi connectivity index (χ3v) is 8.86. The molecule has 3 aliphatic heterocycles. The maximum Gasteiger partial charge on any atom is 0.260 e. The van der Waals surface area contributed by atoms with Gasteiger partial charge < -0.3 is 28.9 Å². The van der Waals surface area contributed by atoms with Crippen molar-refractivity contribution in [3.05, 3.63) is 88.3 Å². The Bertz CT molecular complexity index is 1640. The van der Waals surface area contributed by atoms with Crippen molar-refractivity contribution in [2.75, 3.05) is 26.4 Å². The Kier molecular flexibility index (Phi) is 5.55. The minimum atomic E-state index is -1.29. The summed E-state index contributed by atoms with van der Waals surface area (Å²) >= 11 is 1.69. The summed E-state index contributed by atoms with van der Waals surface area (Å²) in [6, 6.07) is 10.1. The highest BCUT2D eigenvalue weighted by Gasteiger charge is 2.56. The molecule has 0 amide bonds. The molecule has 0 aliphatic carbocycles. The molecule has 7 rings (SSSR count). The van der Waals surface area contributed by atoms with Gasteiger partial charge in [-0.2, -0.15) is 0 Å². The summed E-state index contributed by atoms with van der Waals surface area (Å²) in [5.74, 6) is 0.669. The van der Waals surface area contributed by atoms with E-state index in [-0.39, 0.29) is 12.4 Å². The summed E-state index contributed by atoms with van der Waals surface area (Å²) in [4.78, 5) is 12.3. The Morgan fingerprint density at radius 1 is 1.18 bits per heavy atom. The van der Waals surface area contributed by atoms with Crippen LogP contribution in [0, 0.1) is 19.7 Å². The molecule has 2 unspecified atom stereocenters. The van der Waals surface area contributed by atoms with Crippen molar-refractivity contribution in [3.63, 3.8) is 0 Å². The molecular weight excluding hydrogens is 519 g/mol. The molecule has 2 aromatic carbocycles. The first kappa shape index (κ1) is 24.3. The summed E-state index contributed by atoms with van der Waals surface area (Å²) in [7, 11) is 0. The van der Waals surface area contributed by atoms with Crippen molar-refractivity contribution < 1.29 is 23.8 Å². The number of aryl methyl sites for hydroxylation is 2. The predicted octanol–water partition coefficient (Wildman–Crippen LogP) is 4.86. The fourth-order valence-corrected chi connectivity index (χ4v) is 6.82. The number of aromatic nitrogens is 2. The molecule has 0 saturated carbocycles. The second-order valence-electron chi connectivity index (χ2n) is 10.4. The van der Waals surface area contributed by atoms with Gasteiger partial charge in [0.1, 0.15) is 12.4 Å². The second kappa shape index (κ2) is 8.90. The van der Waals surface area contributed by atoms with Gasteiger partial charge in [0.05, 0.1) is 42.2 Å². The number of nitrogens with zero attached hydrogens (tertiary/aromatic N) is 4. The molecule has 2 atom stereocenters. The van der Waals surface area contributed by atoms with Crippen LogP contribution in [0.2, 0.25) is 0 Å². The number of benzene rings is 2. The van der Waals surface area contributed by atoms with E-state index in [1.807, 2.05) is 35.0 Å². The largest absolute Gasteiger partial charge is 0.479 e. The molecule has 1 N–H and O–H groups in total. The molecule has 10 heteroatoms. The highest BCUT2D eigenvalue weighted by molar-refractivity contribution is 7.18. The molecule has 8 nitrogen and oxygen atoms in total. The lowest BCUT2D eigenvalue weighted by atomic mass is 9.94. The van der Waals surface area contributed by atoms with Crippen LogP contribution in [0.3, 0.4) is 0 Å². The molecule has 1 spiro atoms. The van der Waals surface area contributed by atoms with E-state index in [0.29, 0.717) is 43.3 Å². The zero-order chi connectivity index (χ0) is 26.8. The van der Waals surface area contributed by atoms with Gasteiger partial charge in [-0.1, -0.05) is 11.2 Å². The van der Waals surface area contributed by atoms with Gasteiger partial charge in [-0.3, -0.25) is 0 Å². The highest BCUT2D eigenvalue weighted by Crippen LogP contribution is 2.45. The van der Waals surface area contributed by atoms with Gasteiger partial charge in [-0.05, 0) is 66.8 Å². The Hall–Kier alpha value is -3.73. The smallest absolute Gasteiger partial charge is 0.260 e. The molecule has 2 fully saturated rings. The monoisotopic (exact) mass is 546 g/mol. The van der Waals surface area contributed by atoms with E-state index in [9.17, 15) is 9.50 Å². The number of aliphatic hydroxyl groups excluding tert-OH is 1. The molecule has 5 heterocycles. The van der Waals surface area contributed by atoms with E-state index in [1.165, 1.54) is 12.1 Å². The first-order valence-electron chi connectivity index (χ1n) is 12.8. The first-order chi connectivity index (χ1) is 18.9. The van der Waals surface area contributed by atoms with Gasteiger partial charge in [-0.15, -0.1) is 11.3 Å². The molecule has 2 saturated heterocycles. The van der Waals surface area contributed by atoms with Crippen molar-refractivity contribution in [1.29, 1.82) is 0 Å². The molecular formula is C29H27FN4O4S. The van der Waals surface area contributed by atoms with Crippen LogP contribution in [0.5, 0.6) is 0 Å². The standard InChI is InChI=1S/C29H27FN4O4S/c1-18-13-39-26-23(33-12-19(2)31-17-33)8-3-20(25(18)26)11-24-27-32-38-29(15-35,21-4-6-22(30)7-5-21)34(27)14-28(37-24)9-10-36-16-28/h3-8,11-13,17,35H,9-10,14-16H2,1-2H3. The van der Waals surface area contributed by atoms with Crippen LogP contribution in [0.4, 0.5) is 4.39 Å². The van der Waals surface area contributed by atoms with Gasteiger partial charge >= 0.3 is 0 Å². The first-order valence-corrected chi connectivity index (χ1v) is 13.7. The number of amidine groups is 1. The third-order valence-electron chi connectivity index (χ3n) is 7.74. The molecule has 0 radical (unpaired) electrons. The zero-order valence-corrected chi connectivity index (χ0v) is 22.4. The van der Waals surface area contributed by atoms with E-state index in [0.717, 1.165) is 32.6 Å². The lowest BCUT2D eigenvalue weighted by Crippen LogP contribution is -2.60. The summed E-state index contributed by atoms with van der Waals surface area (Å²) in [6.07, 6.45) is 6.53. The molecule has 3 aliphatic rings. The van der Waals surface area contributed by atoms with E-state index in [1.54, 1.807) is 23.5 Å². The third kappa shape index (κ3) is 3.77. The number of ether oxygens (including phenoxy) is 2. The van der Waals surface area contributed by atoms with Gasteiger partial charge in [0.25, 0.3) is 5.72 Å². The summed E-state index contributed by atoms with van der Waals surface area (Å²) in [5.41, 5.74) is 2.85. The number of hydrogen-bond donors (Lipinski definition) is 1. The second-order valence-corrected chi connectivity index (χ2v) is 11.2. The van der Waals surface area contributed by atoms with Crippen molar-refractivity contribution in [2.24, 2.45) is 5.16 Å². The SMILES string of the molecule is Cc1cn(-c2ccc(C=C3OC4(CCOC4)CN4C3=NOC4(CO)c3ccc(F)cc3)c3c(C)csc23)cn1. The van der Waals surface area contributed by atoms with E-state index in [2.05, 4.69) is 34.6 Å². The summed E-state index contributed by atoms with van der Waals surface area (Å²) < 4.78 is 29.4. The van der Waals surface area contributed by atoms with Gasteiger partial charge in [0.2, 0.25) is 5.84 Å². The maximum absolute atomic E-state index is 13.8. The number of fused-ring (bicyclic) bond motifs is 2. The normalized spacial score (nSPS) is 25.3. The number of halogens is 1. The van der Waals surface area contributed by atoms with Crippen LogP contribution < -0.4 is 0 Å². The van der Waals surface area contributed by atoms with Gasteiger partial charge in [0, 0.05) is 23.6 Å². The highest BCUT2D eigenvalue weighted by atomic mass is 32.1. The fraction of sp³-hybridized carbons (Fsp3) is 0.310. The lowest BCUT2D eigenvalue weighted by molar-refractivity contribution is -0.159. The van der Waals surface area contributed by atoms with Gasteiger partial charge in [0.15, 0.2) is 11.4 Å². The van der Waals surface area contributed by atoms with Crippen LogP contribution in [0.25, 0.3) is 21.8 Å². The number of aliphatic hydroxyl groups is 1. The Balaban J connectivity index is 1.36. The maximum atomic E-state index is 13.8.